The van der Waals surface area contributed by atoms with Gasteiger partial charge in [-0.15, -0.1) is 0 Å². The fourth-order valence-corrected chi connectivity index (χ4v) is 4.26. The van der Waals surface area contributed by atoms with Gasteiger partial charge in [0.1, 0.15) is 0 Å². The maximum Gasteiger partial charge on any atom is 0.265 e. The third-order valence-electron chi connectivity index (χ3n) is 4.49. The van der Waals surface area contributed by atoms with Gasteiger partial charge in [-0.05, 0) is 47.5 Å². The monoisotopic (exact) mass is 468 g/mol. The molecule has 1 unspecified atom stereocenters. The Bertz CT molecular complexity index is 1030. The number of halogens is 1. The number of rotatable bonds is 5. The minimum Gasteiger partial charge on any atom is -0.341 e. The molecule has 0 spiro atoms. The Morgan fingerprint density at radius 3 is 2.37 bits per heavy atom. The molecule has 1 heterocycles. The number of hydrogen-bond donors (Lipinski definition) is 2. The first-order valence-corrected chi connectivity index (χ1v) is 10.9. The van der Waals surface area contributed by atoms with Gasteiger partial charge in [0.05, 0.1) is 5.75 Å². The van der Waals surface area contributed by atoms with E-state index in [0.717, 1.165) is 4.47 Å². The van der Waals surface area contributed by atoms with E-state index in [-0.39, 0.29) is 18.1 Å². The van der Waals surface area contributed by atoms with Gasteiger partial charge in [0, 0.05) is 11.5 Å². The van der Waals surface area contributed by atoms with Crippen molar-refractivity contribution in [1.82, 2.24) is 10.2 Å². The summed E-state index contributed by atoms with van der Waals surface area (Å²) < 4.78 is 32.0. The molecule has 0 aliphatic carbocycles. The first-order chi connectivity index (χ1) is 12.6. The van der Waals surface area contributed by atoms with Gasteiger partial charge < -0.3 is 5.32 Å². The third-order valence-corrected chi connectivity index (χ3v) is 6.08. The summed E-state index contributed by atoms with van der Waals surface area (Å²) in [5.74, 6) is -0.613. The molecule has 6 nitrogen and oxygen atoms in total. The second-order valence-electron chi connectivity index (χ2n) is 6.29. The van der Waals surface area contributed by atoms with Gasteiger partial charge in [0.15, 0.2) is 10.7 Å². The predicted molar refractivity (Wildman–Crippen MR) is 110 cm³/mol. The van der Waals surface area contributed by atoms with Crippen molar-refractivity contribution in [3.63, 3.8) is 0 Å². The van der Waals surface area contributed by atoms with Gasteiger partial charge in [-0.25, -0.2) is 0 Å². The lowest BCUT2D eigenvalue weighted by molar-refractivity contribution is -0.129. The van der Waals surface area contributed by atoms with Crippen LogP contribution < -0.4 is 5.32 Å². The Balaban J connectivity index is 2.13. The Morgan fingerprint density at radius 2 is 1.81 bits per heavy atom. The van der Waals surface area contributed by atoms with Crippen molar-refractivity contribution >= 4 is 49.3 Å². The topological polar surface area (TPSA) is 86.7 Å². The largest absolute Gasteiger partial charge is 0.341 e. The van der Waals surface area contributed by atoms with Crippen LogP contribution in [0.15, 0.2) is 53.0 Å². The zero-order chi connectivity index (χ0) is 19.8. The lowest BCUT2D eigenvalue weighted by Gasteiger charge is -2.29. The van der Waals surface area contributed by atoms with Crippen molar-refractivity contribution in [3.05, 3.63) is 69.7 Å². The summed E-state index contributed by atoms with van der Waals surface area (Å²) >= 11 is 8.74. The minimum atomic E-state index is -4.07. The molecule has 1 atom stereocenters. The fraction of sp³-hybridized carbons (Fsp3) is 0.222. The van der Waals surface area contributed by atoms with E-state index in [1.165, 1.54) is 4.90 Å². The van der Waals surface area contributed by atoms with Gasteiger partial charge in [-0.3, -0.25) is 14.2 Å². The number of nitrogens with one attached hydrogen (secondary N) is 1. The van der Waals surface area contributed by atoms with Crippen molar-refractivity contribution in [2.75, 3.05) is 12.8 Å². The van der Waals surface area contributed by atoms with Crippen LogP contribution >= 0.6 is 28.1 Å². The molecule has 0 saturated carbocycles. The van der Waals surface area contributed by atoms with Crippen LogP contribution in [0.5, 0.6) is 0 Å². The van der Waals surface area contributed by atoms with E-state index >= 15 is 0 Å². The number of thiocarbonyl (C=S) groups is 1. The summed E-state index contributed by atoms with van der Waals surface area (Å²) in [5, 5.41) is 3.45. The maximum absolute atomic E-state index is 13.2. The van der Waals surface area contributed by atoms with E-state index in [1.54, 1.807) is 31.3 Å². The summed E-state index contributed by atoms with van der Waals surface area (Å²) in [4.78, 5) is 14.6. The highest BCUT2D eigenvalue weighted by atomic mass is 79.9. The molecular formula is C18H17BrN2O4S2. The smallest absolute Gasteiger partial charge is 0.265 e. The van der Waals surface area contributed by atoms with Gasteiger partial charge >= 0.3 is 0 Å². The molecule has 9 heteroatoms. The van der Waals surface area contributed by atoms with Gasteiger partial charge in [-0.2, -0.15) is 8.42 Å². The summed E-state index contributed by atoms with van der Waals surface area (Å²) in [6.07, 6.45) is 0.135. The van der Waals surface area contributed by atoms with Crippen LogP contribution in [-0.2, 0) is 26.9 Å². The molecule has 2 aromatic carbocycles. The van der Waals surface area contributed by atoms with Crippen LogP contribution in [0.1, 0.15) is 16.7 Å². The highest BCUT2D eigenvalue weighted by molar-refractivity contribution is 9.10. The van der Waals surface area contributed by atoms with E-state index in [1.807, 2.05) is 24.3 Å². The maximum atomic E-state index is 13.2. The van der Waals surface area contributed by atoms with Crippen molar-refractivity contribution < 1.29 is 17.8 Å². The van der Waals surface area contributed by atoms with Gasteiger partial charge in [0.25, 0.3) is 16.0 Å². The van der Waals surface area contributed by atoms with Crippen LogP contribution in [0.2, 0.25) is 0 Å². The molecule has 0 aromatic heterocycles. The molecule has 1 fully saturated rings. The number of likely N-dealkylation sites (N-methyl/N-ethyl adjacent to an activating group) is 1. The lowest BCUT2D eigenvalue weighted by Crippen LogP contribution is -2.45. The molecule has 0 bridgehead atoms. The molecule has 2 aromatic rings. The summed E-state index contributed by atoms with van der Waals surface area (Å²) in [6, 6.07) is 14.4. The highest BCUT2D eigenvalue weighted by Gasteiger charge is 2.50. The second-order valence-corrected chi connectivity index (χ2v) is 9.17. The standard InChI is InChI=1S/C18H17BrN2O4S2/c1-21-16(22)18(20-17(21)26,14-6-3-7-15(19)11-14)13-5-2-4-12(10-13)8-9-27(23,24)25/h2-7,10-11H,8-9H2,1H3,(H,20,26)(H,23,24,25). The van der Waals surface area contributed by atoms with Gasteiger partial charge in [0.2, 0.25) is 0 Å². The SMILES string of the molecule is CN1C(=O)C(c2cccc(Br)c2)(c2cccc(CCS(=O)(=O)O)c2)NC1=S. The zero-order valence-electron chi connectivity index (χ0n) is 14.3. The molecule has 1 aliphatic rings. The average Bonchev–Trinajstić information content (AvgIpc) is 2.85. The number of carbonyl (C=O) groups is 1. The Kier molecular flexibility index (Phi) is 5.40. The number of aryl methyl sites for hydroxylation is 1. The van der Waals surface area contributed by atoms with E-state index < -0.39 is 15.7 Å². The lowest BCUT2D eigenvalue weighted by atomic mass is 9.82. The number of carbonyl (C=O) groups excluding carboxylic acids is 1. The Labute approximate surface area is 171 Å². The van der Waals surface area contributed by atoms with Crippen molar-refractivity contribution in [3.8, 4) is 0 Å². The summed E-state index contributed by atoms with van der Waals surface area (Å²) in [5.41, 5.74) is 0.837. The van der Waals surface area contributed by atoms with Gasteiger partial charge in [-0.1, -0.05) is 52.3 Å². The number of nitrogens with zero attached hydrogens (tertiary/aromatic N) is 1. The van der Waals surface area contributed by atoms with Crippen LogP contribution in [0.3, 0.4) is 0 Å². The van der Waals surface area contributed by atoms with Crippen molar-refractivity contribution in [2.45, 2.75) is 12.0 Å². The predicted octanol–water partition coefficient (Wildman–Crippen LogP) is 2.47. The molecule has 27 heavy (non-hydrogen) atoms. The second kappa shape index (κ2) is 7.31. The van der Waals surface area contributed by atoms with Crippen LogP contribution in [0.4, 0.5) is 0 Å². The van der Waals surface area contributed by atoms with Crippen molar-refractivity contribution in [1.29, 1.82) is 0 Å². The normalized spacial score (nSPS) is 20.0. The van der Waals surface area contributed by atoms with E-state index in [4.69, 9.17) is 16.8 Å². The van der Waals surface area contributed by atoms with Crippen LogP contribution in [-0.4, -0.2) is 41.7 Å². The quantitative estimate of drug-likeness (QED) is 0.517. The summed E-state index contributed by atoms with van der Waals surface area (Å²) in [7, 11) is -2.46. The number of benzene rings is 2. The van der Waals surface area contributed by atoms with Crippen LogP contribution in [0.25, 0.3) is 0 Å². The fourth-order valence-electron chi connectivity index (χ4n) is 3.13. The first kappa shape index (κ1) is 19.9. The van der Waals surface area contributed by atoms with E-state index in [2.05, 4.69) is 21.2 Å². The molecule has 142 valence electrons. The average molecular weight is 469 g/mol. The van der Waals surface area contributed by atoms with E-state index in [9.17, 15) is 13.2 Å². The van der Waals surface area contributed by atoms with E-state index in [0.29, 0.717) is 21.8 Å². The highest BCUT2D eigenvalue weighted by Crippen LogP contribution is 2.37. The minimum absolute atomic E-state index is 0.135. The van der Waals surface area contributed by atoms with Crippen LogP contribution in [0, 0.1) is 0 Å². The Morgan fingerprint density at radius 1 is 1.19 bits per heavy atom. The molecule has 1 saturated heterocycles. The third kappa shape index (κ3) is 3.91. The number of amides is 1. The Hall–Kier alpha value is -1.81. The summed E-state index contributed by atoms with van der Waals surface area (Å²) in [6.45, 7) is 0. The zero-order valence-corrected chi connectivity index (χ0v) is 17.6. The molecule has 2 N–H and O–H groups in total. The molecule has 1 amide bonds. The molecular weight excluding hydrogens is 452 g/mol. The molecule has 0 radical (unpaired) electrons. The number of hydrogen-bond acceptors (Lipinski definition) is 4. The van der Waals surface area contributed by atoms with Crippen molar-refractivity contribution in [2.24, 2.45) is 0 Å². The first-order valence-electron chi connectivity index (χ1n) is 8.04. The molecule has 1 aliphatic heterocycles. The molecule has 3 rings (SSSR count).